The highest BCUT2D eigenvalue weighted by atomic mass is 16.5. The highest BCUT2D eigenvalue weighted by Crippen LogP contribution is 2.39. The normalized spacial score (nSPS) is 18.4. The van der Waals surface area contributed by atoms with Crippen LogP contribution < -0.4 is 4.74 Å². The van der Waals surface area contributed by atoms with E-state index in [1.54, 1.807) is 0 Å². The molecule has 2 aliphatic heterocycles. The van der Waals surface area contributed by atoms with Crippen molar-refractivity contribution in [1.82, 2.24) is 19.8 Å². The van der Waals surface area contributed by atoms with Crippen LogP contribution in [-0.2, 0) is 24.2 Å². The van der Waals surface area contributed by atoms with Gasteiger partial charge in [-0.25, -0.2) is 0 Å². The Labute approximate surface area is 233 Å². The van der Waals surface area contributed by atoms with Gasteiger partial charge >= 0.3 is 0 Å². The lowest BCUT2D eigenvalue weighted by Crippen LogP contribution is -2.48. The Balaban J connectivity index is 1.23. The van der Waals surface area contributed by atoms with Crippen molar-refractivity contribution >= 4 is 5.91 Å². The van der Waals surface area contributed by atoms with Gasteiger partial charge in [0.15, 0.2) is 0 Å². The van der Waals surface area contributed by atoms with Gasteiger partial charge in [-0.05, 0) is 91.8 Å². The largest absolute Gasteiger partial charge is 0.492 e. The van der Waals surface area contributed by atoms with Crippen LogP contribution >= 0.6 is 0 Å². The molecular weight excluding hydrogens is 484 g/mol. The summed E-state index contributed by atoms with van der Waals surface area (Å²) in [6.07, 6.45) is 14.8. The number of nitrogens with zero attached hydrogens (tertiary/aromatic N) is 4. The zero-order valence-electron chi connectivity index (χ0n) is 23.1. The van der Waals surface area contributed by atoms with Crippen LogP contribution in [-0.4, -0.2) is 58.5 Å². The number of hydrogen-bond donors (Lipinski definition) is 0. The number of aromatic nitrogens is 2. The number of aryl methyl sites for hydroxylation is 2. The Morgan fingerprint density at radius 2 is 1.72 bits per heavy atom. The summed E-state index contributed by atoms with van der Waals surface area (Å²) in [5, 5.41) is 0. The SMILES string of the molecule is O=C(CCCc1ccncc1)N1CCC2(CCCCc3ccccc3OCCN(Cc3ccccn3)C2)CC1. The summed E-state index contributed by atoms with van der Waals surface area (Å²) in [5.74, 6) is 1.34. The van der Waals surface area contributed by atoms with Crippen LogP contribution in [0.5, 0.6) is 5.75 Å². The molecule has 6 heteroatoms. The molecule has 0 aliphatic carbocycles. The molecule has 1 spiro atoms. The van der Waals surface area contributed by atoms with E-state index in [9.17, 15) is 4.79 Å². The molecule has 0 N–H and O–H groups in total. The molecule has 4 heterocycles. The fourth-order valence-corrected chi connectivity index (χ4v) is 6.23. The molecule has 2 aliphatic rings. The molecular formula is C33H42N4O2. The lowest BCUT2D eigenvalue weighted by atomic mass is 9.73. The second kappa shape index (κ2) is 13.7. The van der Waals surface area contributed by atoms with E-state index in [2.05, 4.69) is 56.2 Å². The summed E-state index contributed by atoms with van der Waals surface area (Å²) in [7, 11) is 0. The maximum Gasteiger partial charge on any atom is 0.222 e. The van der Waals surface area contributed by atoms with Gasteiger partial charge in [-0.3, -0.25) is 19.7 Å². The van der Waals surface area contributed by atoms with Crippen LogP contribution in [0.4, 0.5) is 0 Å². The molecule has 1 fully saturated rings. The van der Waals surface area contributed by atoms with Crippen molar-refractivity contribution in [3.05, 3.63) is 90.0 Å². The standard InChI is InChI=1S/C33H42N4O2/c38-32(13-7-8-28-14-20-34-21-15-28)37-22-17-33(18-23-37)16-5-3-10-29-9-1-2-12-31(29)39-25-24-36(27-33)26-30-11-4-6-19-35-30/h1-2,4,6,9,11-12,14-15,19-21H,3,5,7-8,10,13,16-18,22-27H2. The maximum absolute atomic E-state index is 13.1. The molecule has 3 aromatic rings. The molecule has 0 atom stereocenters. The first kappa shape index (κ1) is 27.3. The lowest BCUT2D eigenvalue weighted by molar-refractivity contribution is -0.134. The van der Waals surface area contributed by atoms with E-state index < -0.39 is 0 Å². The molecule has 0 bridgehead atoms. The highest BCUT2D eigenvalue weighted by Gasteiger charge is 2.37. The first-order chi connectivity index (χ1) is 19.2. The first-order valence-electron chi connectivity index (χ1n) is 14.7. The van der Waals surface area contributed by atoms with Crippen molar-refractivity contribution in [2.24, 2.45) is 5.41 Å². The molecule has 6 nitrogen and oxygen atoms in total. The van der Waals surface area contributed by atoms with Gasteiger partial charge in [-0.2, -0.15) is 0 Å². The van der Waals surface area contributed by atoms with Crippen molar-refractivity contribution in [2.75, 3.05) is 32.8 Å². The van der Waals surface area contributed by atoms with Crippen LogP contribution in [0, 0.1) is 5.41 Å². The molecule has 0 saturated carbocycles. The fraction of sp³-hybridized carbons (Fsp3) is 0.485. The third-order valence-electron chi connectivity index (χ3n) is 8.49. The highest BCUT2D eigenvalue weighted by molar-refractivity contribution is 5.76. The molecule has 0 radical (unpaired) electrons. The zero-order chi connectivity index (χ0) is 26.8. The summed E-state index contributed by atoms with van der Waals surface area (Å²) in [6.45, 7) is 5.12. The molecule has 39 heavy (non-hydrogen) atoms. The van der Waals surface area contributed by atoms with Gasteiger partial charge in [0, 0.05) is 57.7 Å². The number of hydrogen-bond acceptors (Lipinski definition) is 5. The third-order valence-corrected chi connectivity index (χ3v) is 8.49. The van der Waals surface area contributed by atoms with Crippen molar-refractivity contribution in [1.29, 1.82) is 0 Å². The lowest BCUT2D eigenvalue weighted by Gasteiger charge is -2.45. The minimum absolute atomic E-state index is 0.224. The van der Waals surface area contributed by atoms with Crippen molar-refractivity contribution in [3.8, 4) is 5.75 Å². The topological polar surface area (TPSA) is 58.6 Å². The second-order valence-electron chi connectivity index (χ2n) is 11.3. The van der Waals surface area contributed by atoms with Gasteiger partial charge in [0.05, 0.1) is 5.69 Å². The van der Waals surface area contributed by atoms with Crippen LogP contribution in [0.2, 0.25) is 0 Å². The van der Waals surface area contributed by atoms with Gasteiger partial charge in [0.2, 0.25) is 5.91 Å². The van der Waals surface area contributed by atoms with Gasteiger partial charge in [0.25, 0.3) is 0 Å². The van der Waals surface area contributed by atoms with E-state index in [1.807, 2.05) is 36.8 Å². The molecule has 0 unspecified atom stereocenters. The molecule has 1 saturated heterocycles. The third kappa shape index (κ3) is 7.89. The van der Waals surface area contributed by atoms with Crippen LogP contribution in [0.1, 0.15) is 61.8 Å². The second-order valence-corrected chi connectivity index (χ2v) is 11.3. The first-order valence-corrected chi connectivity index (χ1v) is 14.7. The maximum atomic E-state index is 13.1. The van der Waals surface area contributed by atoms with E-state index in [0.29, 0.717) is 18.9 Å². The van der Waals surface area contributed by atoms with E-state index in [4.69, 9.17) is 4.74 Å². The molecule has 1 amide bonds. The molecule has 2 aromatic heterocycles. The smallest absolute Gasteiger partial charge is 0.222 e. The number of amides is 1. The predicted molar refractivity (Wildman–Crippen MR) is 154 cm³/mol. The van der Waals surface area contributed by atoms with Crippen LogP contribution in [0.15, 0.2) is 73.2 Å². The number of carbonyl (C=O) groups is 1. The average Bonchev–Trinajstić information content (AvgIpc) is 2.97. The number of likely N-dealkylation sites (tertiary alicyclic amines) is 1. The van der Waals surface area contributed by atoms with Crippen molar-refractivity contribution in [3.63, 3.8) is 0 Å². The van der Waals surface area contributed by atoms with Crippen LogP contribution in [0.3, 0.4) is 0 Å². The van der Waals surface area contributed by atoms with E-state index in [1.165, 1.54) is 30.4 Å². The average molecular weight is 527 g/mol. The van der Waals surface area contributed by atoms with E-state index in [-0.39, 0.29) is 5.41 Å². The van der Waals surface area contributed by atoms with Gasteiger partial charge in [-0.1, -0.05) is 30.7 Å². The Morgan fingerprint density at radius 1 is 0.897 bits per heavy atom. The summed E-state index contributed by atoms with van der Waals surface area (Å²) in [5.41, 5.74) is 3.89. The fourth-order valence-electron chi connectivity index (χ4n) is 6.23. The number of fused-ring (bicyclic) bond motifs is 1. The van der Waals surface area contributed by atoms with Crippen molar-refractivity contribution < 1.29 is 9.53 Å². The Morgan fingerprint density at radius 3 is 2.54 bits per heavy atom. The number of pyridine rings is 2. The van der Waals surface area contributed by atoms with Gasteiger partial charge < -0.3 is 9.64 Å². The molecule has 1 aromatic carbocycles. The molecule has 206 valence electrons. The summed E-state index contributed by atoms with van der Waals surface area (Å²) >= 11 is 0. The zero-order valence-corrected chi connectivity index (χ0v) is 23.1. The minimum Gasteiger partial charge on any atom is -0.492 e. The number of rotatable bonds is 6. The van der Waals surface area contributed by atoms with Gasteiger partial charge in [0.1, 0.15) is 12.4 Å². The van der Waals surface area contributed by atoms with E-state index in [0.717, 1.165) is 76.3 Å². The van der Waals surface area contributed by atoms with Gasteiger partial charge in [-0.15, -0.1) is 0 Å². The number of piperidine rings is 1. The summed E-state index contributed by atoms with van der Waals surface area (Å²) < 4.78 is 6.30. The number of para-hydroxylation sites is 1. The Hall–Kier alpha value is -3.25. The predicted octanol–water partition coefficient (Wildman–Crippen LogP) is 5.72. The summed E-state index contributed by atoms with van der Waals surface area (Å²) in [4.78, 5) is 26.4. The number of benzene rings is 1. The van der Waals surface area contributed by atoms with Crippen LogP contribution in [0.25, 0.3) is 0 Å². The Bertz CT molecular complexity index is 1160. The minimum atomic E-state index is 0.224. The van der Waals surface area contributed by atoms with Crippen molar-refractivity contribution in [2.45, 2.75) is 64.3 Å². The van der Waals surface area contributed by atoms with E-state index >= 15 is 0 Å². The molecule has 5 rings (SSSR count). The number of ether oxygens (including phenoxy) is 1. The monoisotopic (exact) mass is 526 g/mol. The number of carbonyl (C=O) groups excluding carboxylic acids is 1. The quantitative estimate of drug-likeness (QED) is 0.411. The summed E-state index contributed by atoms with van der Waals surface area (Å²) in [6, 6.07) is 18.7. The Kier molecular flexibility index (Phi) is 9.60.